The van der Waals surface area contributed by atoms with E-state index in [4.69, 9.17) is 25.8 Å². The lowest BCUT2D eigenvalue weighted by Crippen LogP contribution is -2.36. The number of benzene rings is 2. The summed E-state index contributed by atoms with van der Waals surface area (Å²) in [5.74, 6) is -0.396. The molecule has 37 heavy (non-hydrogen) atoms. The minimum Gasteiger partial charge on any atom is -0.505 e. The van der Waals surface area contributed by atoms with E-state index in [1.165, 1.54) is 38.2 Å². The Hall–Kier alpha value is -4.38. The Labute approximate surface area is 217 Å². The van der Waals surface area contributed by atoms with Crippen LogP contribution >= 0.6 is 11.6 Å². The molecule has 0 spiro atoms. The number of nitrogens with one attached hydrogen (secondary N) is 2. The zero-order valence-electron chi connectivity index (χ0n) is 20.3. The van der Waals surface area contributed by atoms with Crippen LogP contribution in [-0.2, 0) is 11.3 Å². The van der Waals surface area contributed by atoms with Crippen molar-refractivity contribution in [3.05, 3.63) is 75.2 Å². The molecule has 0 saturated carbocycles. The van der Waals surface area contributed by atoms with Crippen molar-refractivity contribution in [3.8, 4) is 23.0 Å². The molecule has 0 bridgehead atoms. The van der Waals surface area contributed by atoms with E-state index in [1.54, 1.807) is 36.4 Å². The van der Waals surface area contributed by atoms with Crippen LogP contribution < -0.4 is 30.4 Å². The highest BCUT2D eigenvalue weighted by atomic mass is 35.5. The summed E-state index contributed by atoms with van der Waals surface area (Å²) in [7, 11) is 4.34. The van der Waals surface area contributed by atoms with Gasteiger partial charge in [-0.15, -0.1) is 0 Å². The molecule has 4 N–H and O–H groups in total. The number of aliphatic carboxylic acids is 1. The number of ether oxygens (including phenoxy) is 3. The van der Waals surface area contributed by atoms with E-state index >= 15 is 0 Å². The number of carboxylic acid groups (broad SMARTS) is 1. The van der Waals surface area contributed by atoms with E-state index in [2.05, 4.69) is 10.6 Å². The predicted octanol–water partition coefficient (Wildman–Crippen LogP) is 3.62. The van der Waals surface area contributed by atoms with Crippen LogP contribution in [0.15, 0.2) is 53.5 Å². The molecular formula is C25H26ClN3O8. The molecule has 3 rings (SSSR count). The summed E-state index contributed by atoms with van der Waals surface area (Å²) < 4.78 is 17.0. The summed E-state index contributed by atoms with van der Waals surface area (Å²) in [4.78, 5) is 37.4. The number of amides is 2. The van der Waals surface area contributed by atoms with Gasteiger partial charge in [0.05, 0.1) is 40.3 Å². The molecule has 2 amide bonds. The van der Waals surface area contributed by atoms with Crippen molar-refractivity contribution in [3.63, 3.8) is 0 Å². The number of pyridine rings is 1. The zero-order valence-corrected chi connectivity index (χ0v) is 21.0. The Bertz CT molecular complexity index is 1340. The third-order valence-corrected chi connectivity index (χ3v) is 5.82. The number of urea groups is 1. The number of halogens is 1. The maximum Gasteiger partial charge on any atom is 0.319 e. The number of carboxylic acids is 1. The molecule has 1 atom stereocenters. The molecule has 0 aliphatic carbocycles. The second kappa shape index (κ2) is 12.0. The number of anilines is 1. The van der Waals surface area contributed by atoms with Gasteiger partial charge >= 0.3 is 12.0 Å². The minimum atomic E-state index is -1.18. The van der Waals surface area contributed by atoms with E-state index in [9.17, 15) is 24.6 Å². The molecule has 0 fully saturated rings. The van der Waals surface area contributed by atoms with Crippen molar-refractivity contribution in [2.75, 3.05) is 26.6 Å². The fourth-order valence-corrected chi connectivity index (χ4v) is 3.85. The van der Waals surface area contributed by atoms with Crippen LogP contribution in [0.4, 0.5) is 10.5 Å². The standard InChI is InChI=1S/C25H26ClN3O8/c1-35-15-9-14(10-16(11-15)36-2)19(12-22(31)32)27-25(34)28-23-20(30)7-8-29(24(23)33)13-17-18(26)5-4-6-21(17)37-3/h4-11,19,30H,12-13H2,1-3H3,(H,31,32)(H2,27,28,34)/t19-/m0/s1. The molecule has 0 aliphatic heterocycles. The normalized spacial score (nSPS) is 11.4. The van der Waals surface area contributed by atoms with Crippen molar-refractivity contribution < 1.29 is 34.0 Å². The van der Waals surface area contributed by atoms with E-state index in [-0.39, 0.29) is 6.54 Å². The average Bonchev–Trinajstić information content (AvgIpc) is 2.88. The van der Waals surface area contributed by atoms with E-state index in [1.807, 2.05) is 0 Å². The monoisotopic (exact) mass is 531 g/mol. The first-order valence-corrected chi connectivity index (χ1v) is 11.3. The van der Waals surface area contributed by atoms with Crippen molar-refractivity contribution in [2.45, 2.75) is 19.0 Å². The lowest BCUT2D eigenvalue weighted by molar-refractivity contribution is -0.137. The van der Waals surface area contributed by atoms with Crippen molar-refractivity contribution in [2.24, 2.45) is 0 Å². The number of carbonyl (C=O) groups is 2. The van der Waals surface area contributed by atoms with Gasteiger partial charge in [0.25, 0.3) is 5.56 Å². The average molecular weight is 532 g/mol. The van der Waals surface area contributed by atoms with Crippen molar-refractivity contribution in [1.82, 2.24) is 9.88 Å². The molecule has 1 heterocycles. The first-order chi connectivity index (χ1) is 17.7. The minimum absolute atomic E-state index is 0.00348. The molecule has 0 unspecified atom stereocenters. The molecular weight excluding hydrogens is 506 g/mol. The molecule has 11 nitrogen and oxygen atoms in total. The lowest BCUT2D eigenvalue weighted by Gasteiger charge is -2.20. The SMILES string of the molecule is COc1cc(OC)cc([C@H](CC(=O)O)NC(=O)Nc2c(O)ccn(Cc3c(Cl)cccc3OC)c2=O)c1. The number of nitrogens with zero attached hydrogens (tertiary/aromatic N) is 1. The van der Waals surface area contributed by atoms with Gasteiger partial charge in [-0.05, 0) is 35.9 Å². The van der Waals surface area contributed by atoms with Gasteiger partial charge in [-0.2, -0.15) is 0 Å². The third kappa shape index (κ3) is 6.64. The summed E-state index contributed by atoms with van der Waals surface area (Å²) in [6, 6.07) is 9.06. The van der Waals surface area contributed by atoms with E-state index in [0.717, 1.165) is 0 Å². The molecule has 0 radical (unpaired) electrons. The van der Waals surface area contributed by atoms with E-state index in [0.29, 0.717) is 33.4 Å². The highest BCUT2D eigenvalue weighted by Gasteiger charge is 2.22. The van der Waals surface area contributed by atoms with Gasteiger partial charge in [0.1, 0.15) is 23.0 Å². The zero-order chi connectivity index (χ0) is 27.1. The molecule has 3 aromatic rings. The summed E-state index contributed by atoms with van der Waals surface area (Å²) >= 11 is 6.28. The summed E-state index contributed by atoms with van der Waals surface area (Å²) in [5, 5.41) is 24.9. The molecule has 0 saturated heterocycles. The van der Waals surface area contributed by atoms with Crippen LogP contribution in [0.3, 0.4) is 0 Å². The number of carbonyl (C=O) groups excluding carboxylic acids is 1. The van der Waals surface area contributed by atoms with E-state index < -0.39 is 41.5 Å². The highest BCUT2D eigenvalue weighted by Crippen LogP contribution is 2.29. The Balaban J connectivity index is 1.88. The highest BCUT2D eigenvalue weighted by molar-refractivity contribution is 6.31. The topological polar surface area (TPSA) is 148 Å². The Morgan fingerprint density at radius 2 is 1.73 bits per heavy atom. The Morgan fingerprint density at radius 1 is 1.05 bits per heavy atom. The van der Waals surface area contributed by atoms with Gasteiger partial charge in [0, 0.05) is 22.8 Å². The van der Waals surface area contributed by atoms with Crippen LogP contribution in [0.2, 0.25) is 5.02 Å². The first kappa shape index (κ1) is 27.2. The number of hydrogen-bond acceptors (Lipinski definition) is 7. The van der Waals surface area contributed by atoms with Gasteiger partial charge in [-0.1, -0.05) is 17.7 Å². The quantitative estimate of drug-likeness (QED) is 0.310. The van der Waals surface area contributed by atoms with Crippen LogP contribution in [0.5, 0.6) is 23.0 Å². The summed E-state index contributed by atoms with van der Waals surface area (Å²) in [6.45, 7) is 0.00348. The van der Waals surface area contributed by atoms with Gasteiger partial charge in [0.2, 0.25) is 0 Å². The van der Waals surface area contributed by atoms with Gasteiger partial charge in [-0.3, -0.25) is 9.59 Å². The van der Waals surface area contributed by atoms with Crippen LogP contribution in [0.25, 0.3) is 0 Å². The Kier molecular flexibility index (Phi) is 8.86. The molecule has 0 aliphatic rings. The first-order valence-electron chi connectivity index (χ1n) is 10.9. The maximum absolute atomic E-state index is 13.1. The molecule has 2 aromatic carbocycles. The van der Waals surface area contributed by atoms with Gasteiger partial charge < -0.3 is 39.6 Å². The van der Waals surface area contributed by atoms with Gasteiger partial charge in [0.15, 0.2) is 5.69 Å². The second-order valence-corrected chi connectivity index (χ2v) is 8.23. The predicted molar refractivity (Wildman–Crippen MR) is 136 cm³/mol. The molecule has 1 aromatic heterocycles. The third-order valence-electron chi connectivity index (χ3n) is 5.47. The number of hydrogen-bond donors (Lipinski definition) is 4. The fraction of sp³-hybridized carbons (Fsp3) is 0.240. The van der Waals surface area contributed by atoms with Crippen molar-refractivity contribution >= 4 is 29.3 Å². The Morgan fingerprint density at radius 3 is 2.32 bits per heavy atom. The van der Waals surface area contributed by atoms with Crippen LogP contribution in [0.1, 0.15) is 23.6 Å². The van der Waals surface area contributed by atoms with Gasteiger partial charge in [-0.25, -0.2) is 4.79 Å². The maximum atomic E-state index is 13.1. The number of methoxy groups -OCH3 is 3. The number of aromatic hydroxyl groups is 1. The number of aromatic nitrogens is 1. The van der Waals surface area contributed by atoms with Crippen LogP contribution in [0, 0.1) is 0 Å². The van der Waals surface area contributed by atoms with Crippen molar-refractivity contribution in [1.29, 1.82) is 0 Å². The fourth-order valence-electron chi connectivity index (χ4n) is 3.63. The summed E-state index contributed by atoms with van der Waals surface area (Å²) in [5.41, 5.74) is -0.184. The second-order valence-electron chi connectivity index (χ2n) is 7.82. The molecule has 196 valence electrons. The summed E-state index contributed by atoms with van der Waals surface area (Å²) in [6.07, 6.45) is 0.875. The number of rotatable bonds is 10. The smallest absolute Gasteiger partial charge is 0.319 e. The lowest BCUT2D eigenvalue weighted by atomic mass is 10.0. The molecule has 12 heteroatoms. The largest absolute Gasteiger partial charge is 0.505 e. The van der Waals surface area contributed by atoms with Crippen LogP contribution in [-0.4, -0.2) is 48.1 Å².